The van der Waals surface area contributed by atoms with Crippen LogP contribution in [0.1, 0.15) is 17.0 Å². The van der Waals surface area contributed by atoms with Gasteiger partial charge in [-0.25, -0.2) is 9.97 Å². The van der Waals surface area contributed by atoms with Crippen LogP contribution in [-0.4, -0.2) is 20.2 Å². The number of nitrogens with one attached hydrogen (secondary N) is 2. The summed E-state index contributed by atoms with van der Waals surface area (Å²) in [5.74, 6) is 0.870. The molecule has 2 N–H and O–H groups in total. The summed E-state index contributed by atoms with van der Waals surface area (Å²) in [4.78, 5) is 8.50. The minimum Gasteiger partial charge on any atom is -0.363 e. The Kier molecular flexibility index (Phi) is 2.71. The molecule has 0 saturated carbocycles. The second-order valence-electron chi connectivity index (χ2n) is 4.13. The summed E-state index contributed by atoms with van der Waals surface area (Å²) in [7, 11) is 0. The second kappa shape index (κ2) is 4.38. The Labute approximate surface area is 108 Å². The van der Waals surface area contributed by atoms with E-state index in [2.05, 4.69) is 32.4 Å². The zero-order valence-corrected chi connectivity index (χ0v) is 11.0. The maximum absolute atomic E-state index is 4.28. The first-order chi connectivity index (χ1) is 8.75. The Morgan fingerprint density at radius 3 is 3.00 bits per heavy atom. The highest BCUT2D eigenvalue weighted by atomic mass is 32.1. The number of hydrogen-bond donors (Lipinski definition) is 2. The molecule has 0 unspecified atom stereocenters. The second-order valence-corrected chi connectivity index (χ2v) is 5.05. The van der Waals surface area contributed by atoms with E-state index >= 15 is 0 Å². The van der Waals surface area contributed by atoms with E-state index in [-0.39, 0.29) is 0 Å². The predicted octanol–water partition coefficient (Wildman–Crippen LogP) is 2.64. The van der Waals surface area contributed by atoms with E-state index in [0.29, 0.717) is 6.54 Å². The highest BCUT2D eigenvalue weighted by Gasteiger charge is 2.08. The molecule has 0 saturated heterocycles. The van der Waals surface area contributed by atoms with Gasteiger partial charge in [0.25, 0.3) is 0 Å². The normalized spacial score (nSPS) is 11.0. The van der Waals surface area contributed by atoms with Crippen molar-refractivity contribution in [2.45, 2.75) is 20.4 Å². The van der Waals surface area contributed by atoms with Gasteiger partial charge in [-0.3, -0.25) is 5.10 Å². The summed E-state index contributed by atoms with van der Waals surface area (Å²) in [6.45, 7) is 4.75. The van der Waals surface area contributed by atoms with Gasteiger partial charge in [-0.2, -0.15) is 5.10 Å². The lowest BCUT2D eigenvalue weighted by Gasteiger charge is -2.04. The number of aryl methyl sites for hydroxylation is 1. The molecule has 3 heterocycles. The van der Waals surface area contributed by atoms with E-state index in [4.69, 9.17) is 0 Å². The van der Waals surface area contributed by atoms with Crippen LogP contribution in [-0.2, 0) is 6.54 Å². The molecule has 18 heavy (non-hydrogen) atoms. The molecule has 5 nitrogen and oxygen atoms in total. The lowest BCUT2D eigenvalue weighted by atomic mass is 10.2. The van der Waals surface area contributed by atoms with E-state index in [1.165, 1.54) is 5.56 Å². The molecular weight excluding hydrogens is 246 g/mol. The monoisotopic (exact) mass is 259 g/mol. The summed E-state index contributed by atoms with van der Waals surface area (Å²) in [5.41, 5.74) is 4.30. The Morgan fingerprint density at radius 1 is 1.33 bits per heavy atom. The van der Waals surface area contributed by atoms with Crippen LogP contribution < -0.4 is 5.32 Å². The molecule has 0 bridgehead atoms. The first-order valence-corrected chi connectivity index (χ1v) is 6.56. The molecule has 6 heteroatoms. The van der Waals surface area contributed by atoms with Gasteiger partial charge in [-0.05, 0) is 30.9 Å². The summed E-state index contributed by atoms with van der Waals surface area (Å²) < 4.78 is 1.09. The number of hydrogen-bond acceptors (Lipinski definition) is 5. The minimum absolute atomic E-state index is 0.667. The van der Waals surface area contributed by atoms with Crippen LogP contribution >= 0.6 is 11.3 Å². The molecule has 0 aliphatic heterocycles. The van der Waals surface area contributed by atoms with E-state index in [9.17, 15) is 0 Å². The SMILES string of the molecule is Cc1[nH]nc(CNc2ncnc3ccsc23)c1C. The van der Waals surface area contributed by atoms with Crippen LogP contribution in [0.3, 0.4) is 0 Å². The van der Waals surface area contributed by atoms with Crippen molar-refractivity contribution in [1.29, 1.82) is 0 Å². The molecule has 92 valence electrons. The molecule has 0 spiro atoms. The van der Waals surface area contributed by atoms with Crippen LogP contribution in [0.25, 0.3) is 10.2 Å². The van der Waals surface area contributed by atoms with Gasteiger partial charge in [-0.1, -0.05) is 0 Å². The minimum atomic E-state index is 0.667. The smallest absolute Gasteiger partial charge is 0.147 e. The molecule has 3 rings (SSSR count). The average Bonchev–Trinajstić information content (AvgIpc) is 2.97. The molecule has 0 radical (unpaired) electrons. The summed E-state index contributed by atoms with van der Waals surface area (Å²) >= 11 is 1.64. The Morgan fingerprint density at radius 2 is 2.22 bits per heavy atom. The largest absolute Gasteiger partial charge is 0.363 e. The molecule has 0 aliphatic carbocycles. The van der Waals surface area contributed by atoms with Crippen LogP contribution in [0.4, 0.5) is 5.82 Å². The van der Waals surface area contributed by atoms with Gasteiger partial charge in [0.2, 0.25) is 0 Å². The Hall–Kier alpha value is -1.95. The number of aromatic nitrogens is 4. The van der Waals surface area contributed by atoms with Gasteiger partial charge in [0, 0.05) is 5.69 Å². The quantitative estimate of drug-likeness (QED) is 0.759. The molecule has 3 aromatic heterocycles. The van der Waals surface area contributed by atoms with Crippen molar-refractivity contribution in [3.05, 3.63) is 34.7 Å². The number of fused-ring (bicyclic) bond motifs is 1. The number of aromatic amines is 1. The van der Waals surface area contributed by atoms with Crippen LogP contribution in [0, 0.1) is 13.8 Å². The fourth-order valence-electron chi connectivity index (χ4n) is 1.79. The molecule has 0 fully saturated rings. The molecule has 0 aromatic carbocycles. The lowest BCUT2D eigenvalue weighted by molar-refractivity contribution is 0.961. The lowest BCUT2D eigenvalue weighted by Crippen LogP contribution is -2.03. The van der Waals surface area contributed by atoms with Gasteiger partial charge in [0.05, 0.1) is 22.5 Å². The van der Waals surface area contributed by atoms with Crippen molar-refractivity contribution in [1.82, 2.24) is 20.2 Å². The summed E-state index contributed by atoms with van der Waals surface area (Å²) in [6, 6.07) is 2.00. The summed E-state index contributed by atoms with van der Waals surface area (Å²) in [5, 5.41) is 12.6. The molecule has 0 aliphatic rings. The van der Waals surface area contributed by atoms with E-state index < -0.39 is 0 Å². The van der Waals surface area contributed by atoms with Crippen LogP contribution in [0.15, 0.2) is 17.8 Å². The van der Waals surface area contributed by atoms with Gasteiger partial charge in [-0.15, -0.1) is 11.3 Å². The van der Waals surface area contributed by atoms with Crippen molar-refractivity contribution in [2.75, 3.05) is 5.32 Å². The van der Waals surface area contributed by atoms with Crippen molar-refractivity contribution in [3.63, 3.8) is 0 Å². The summed E-state index contributed by atoms with van der Waals surface area (Å²) in [6.07, 6.45) is 1.58. The number of rotatable bonds is 3. The van der Waals surface area contributed by atoms with Crippen molar-refractivity contribution >= 4 is 27.4 Å². The number of anilines is 1. The maximum Gasteiger partial charge on any atom is 0.147 e. The third-order valence-electron chi connectivity index (χ3n) is 3.02. The van der Waals surface area contributed by atoms with Crippen molar-refractivity contribution < 1.29 is 0 Å². The van der Waals surface area contributed by atoms with Gasteiger partial charge in [0.15, 0.2) is 0 Å². The first-order valence-electron chi connectivity index (χ1n) is 5.68. The third kappa shape index (κ3) is 1.84. The predicted molar refractivity (Wildman–Crippen MR) is 72.8 cm³/mol. The third-order valence-corrected chi connectivity index (χ3v) is 3.93. The van der Waals surface area contributed by atoms with Crippen LogP contribution in [0.5, 0.6) is 0 Å². The zero-order valence-electron chi connectivity index (χ0n) is 10.2. The molecule has 3 aromatic rings. The van der Waals surface area contributed by atoms with Gasteiger partial charge < -0.3 is 5.32 Å². The molecular formula is C12H13N5S. The molecule has 0 amide bonds. The van der Waals surface area contributed by atoms with E-state index in [1.54, 1.807) is 17.7 Å². The highest BCUT2D eigenvalue weighted by molar-refractivity contribution is 7.17. The maximum atomic E-state index is 4.28. The van der Waals surface area contributed by atoms with Gasteiger partial charge >= 0.3 is 0 Å². The Bertz CT molecular complexity index is 685. The first kappa shape index (κ1) is 11.2. The zero-order chi connectivity index (χ0) is 12.5. The molecule has 0 atom stereocenters. The number of H-pyrrole nitrogens is 1. The average molecular weight is 259 g/mol. The standard InChI is InChI=1S/C12H13N5S/c1-7-8(2)16-17-10(7)5-13-12-11-9(3-4-18-11)14-6-15-12/h3-4,6H,5H2,1-2H3,(H,16,17)(H,13,14,15). The Balaban J connectivity index is 1.85. The van der Waals surface area contributed by atoms with Gasteiger partial charge in [0.1, 0.15) is 12.1 Å². The fourth-order valence-corrected chi connectivity index (χ4v) is 2.60. The highest BCUT2D eigenvalue weighted by Crippen LogP contribution is 2.25. The van der Waals surface area contributed by atoms with Crippen molar-refractivity contribution in [3.8, 4) is 0 Å². The number of thiophene rings is 1. The topological polar surface area (TPSA) is 66.5 Å². The van der Waals surface area contributed by atoms with E-state index in [1.807, 2.05) is 18.4 Å². The number of nitrogens with zero attached hydrogens (tertiary/aromatic N) is 3. The van der Waals surface area contributed by atoms with E-state index in [0.717, 1.165) is 27.4 Å². The fraction of sp³-hybridized carbons (Fsp3) is 0.250. The van der Waals surface area contributed by atoms with Crippen molar-refractivity contribution in [2.24, 2.45) is 0 Å². The van der Waals surface area contributed by atoms with Crippen LogP contribution in [0.2, 0.25) is 0 Å².